The number of aliphatic imine (C=N–C) groups is 1. The van der Waals surface area contributed by atoms with Gasteiger partial charge < -0.3 is 5.11 Å². The zero-order valence-corrected chi connectivity index (χ0v) is 12.5. The number of hydrogen-bond acceptors (Lipinski definition) is 5. The summed E-state index contributed by atoms with van der Waals surface area (Å²) in [5, 5.41) is 10.0. The van der Waals surface area contributed by atoms with Crippen molar-refractivity contribution >= 4 is 60.3 Å². The third-order valence-electron chi connectivity index (χ3n) is 2.57. The fraction of sp³-hybridized carbons (Fsp3) is 0.182. The summed E-state index contributed by atoms with van der Waals surface area (Å²) in [5.74, 6) is -0.888. The molecule has 1 N–H and O–H groups in total. The zero-order valence-electron chi connectivity index (χ0n) is 9.26. The van der Waals surface area contributed by atoms with E-state index in [0.717, 1.165) is 0 Å². The van der Waals surface area contributed by atoms with E-state index in [1.54, 1.807) is 6.07 Å². The van der Waals surface area contributed by atoms with Gasteiger partial charge in [0.15, 0.2) is 6.04 Å². The number of nitrogens with zero attached hydrogens (tertiary/aromatic N) is 2. The molecule has 1 aromatic heterocycles. The normalized spacial score (nSPS) is 18.8. The number of benzene rings is 1. The number of hydrogen-bond donors (Lipinski definition) is 1. The molecule has 0 bridgehead atoms. The van der Waals surface area contributed by atoms with Gasteiger partial charge in [-0.3, -0.25) is 4.99 Å². The van der Waals surface area contributed by atoms with E-state index in [2.05, 4.69) is 25.9 Å². The van der Waals surface area contributed by atoms with Crippen LogP contribution in [0.25, 0.3) is 10.2 Å². The van der Waals surface area contributed by atoms with E-state index in [1.165, 1.54) is 29.2 Å². The molecule has 0 aliphatic carbocycles. The van der Waals surface area contributed by atoms with Crippen molar-refractivity contribution in [2.45, 2.75) is 6.04 Å². The molecule has 0 fully saturated rings. The lowest BCUT2D eigenvalue weighted by atomic mass is 10.3. The van der Waals surface area contributed by atoms with Crippen LogP contribution in [0.3, 0.4) is 0 Å². The van der Waals surface area contributed by atoms with Crippen LogP contribution in [-0.4, -0.2) is 32.9 Å². The van der Waals surface area contributed by atoms with E-state index in [-0.39, 0.29) is 5.82 Å². The molecule has 0 saturated carbocycles. The summed E-state index contributed by atoms with van der Waals surface area (Å²) in [4.78, 5) is 19.3. The topological polar surface area (TPSA) is 62.5 Å². The average Bonchev–Trinajstić information content (AvgIpc) is 2.99. The van der Waals surface area contributed by atoms with Gasteiger partial charge in [-0.05, 0) is 28.1 Å². The van der Waals surface area contributed by atoms with Crippen molar-refractivity contribution in [3.63, 3.8) is 0 Å². The minimum atomic E-state index is -0.948. The molecule has 2 aromatic rings. The molecule has 8 heteroatoms. The Morgan fingerprint density at radius 1 is 1.53 bits per heavy atom. The van der Waals surface area contributed by atoms with Crippen LogP contribution in [0.15, 0.2) is 21.6 Å². The molecule has 0 spiro atoms. The highest BCUT2D eigenvalue weighted by Crippen LogP contribution is 2.34. The first-order valence-electron chi connectivity index (χ1n) is 5.24. The maximum absolute atomic E-state index is 13.7. The maximum Gasteiger partial charge on any atom is 0.329 e. The Bertz CT molecular complexity index is 677. The monoisotopic (exact) mass is 360 g/mol. The summed E-state index contributed by atoms with van der Waals surface area (Å²) < 4.78 is 14.8. The SMILES string of the molecule is O=C(O)C1CSC(c2nc3c(Br)ccc(F)c3s2)=N1. The number of carbonyl (C=O) groups is 1. The van der Waals surface area contributed by atoms with Gasteiger partial charge in [-0.15, -0.1) is 23.1 Å². The van der Waals surface area contributed by atoms with Crippen molar-refractivity contribution in [2.75, 3.05) is 5.75 Å². The molecule has 0 amide bonds. The molecular weight excluding hydrogens is 355 g/mol. The molecular formula is C11H6BrFN2O2S2. The first kappa shape index (κ1) is 13.0. The van der Waals surface area contributed by atoms with Gasteiger partial charge in [-0.1, -0.05) is 0 Å². The van der Waals surface area contributed by atoms with Crippen LogP contribution in [0.1, 0.15) is 5.01 Å². The van der Waals surface area contributed by atoms with Crippen molar-refractivity contribution < 1.29 is 14.3 Å². The van der Waals surface area contributed by atoms with Crippen LogP contribution in [0.2, 0.25) is 0 Å². The maximum atomic E-state index is 13.7. The van der Waals surface area contributed by atoms with Gasteiger partial charge in [0.05, 0.1) is 10.2 Å². The molecule has 1 unspecified atom stereocenters. The number of carboxylic acids is 1. The van der Waals surface area contributed by atoms with E-state index in [0.29, 0.717) is 30.5 Å². The number of halogens is 2. The number of thiazole rings is 1. The largest absolute Gasteiger partial charge is 0.480 e. The van der Waals surface area contributed by atoms with Gasteiger partial charge in [0.1, 0.15) is 15.9 Å². The van der Waals surface area contributed by atoms with Crippen LogP contribution < -0.4 is 0 Å². The van der Waals surface area contributed by atoms with Crippen molar-refractivity contribution in [3.05, 3.63) is 27.4 Å². The average molecular weight is 361 g/mol. The first-order valence-corrected chi connectivity index (χ1v) is 7.84. The quantitative estimate of drug-likeness (QED) is 0.893. The summed E-state index contributed by atoms with van der Waals surface area (Å²) in [6.45, 7) is 0. The van der Waals surface area contributed by atoms with Crippen molar-refractivity contribution in [1.29, 1.82) is 0 Å². The van der Waals surface area contributed by atoms with E-state index in [4.69, 9.17) is 5.11 Å². The second-order valence-corrected chi connectivity index (χ2v) is 6.69. The lowest BCUT2D eigenvalue weighted by Crippen LogP contribution is -2.17. The molecule has 98 valence electrons. The Kier molecular flexibility index (Phi) is 3.32. The van der Waals surface area contributed by atoms with Gasteiger partial charge in [0.25, 0.3) is 0 Å². The van der Waals surface area contributed by atoms with Crippen LogP contribution in [0.4, 0.5) is 4.39 Å². The minimum absolute atomic E-state index is 0.333. The molecule has 1 aliphatic heterocycles. The summed E-state index contributed by atoms with van der Waals surface area (Å²) >= 11 is 5.85. The summed E-state index contributed by atoms with van der Waals surface area (Å²) in [7, 11) is 0. The highest BCUT2D eigenvalue weighted by Gasteiger charge is 2.27. The molecule has 19 heavy (non-hydrogen) atoms. The second-order valence-electron chi connectivity index (χ2n) is 3.83. The minimum Gasteiger partial charge on any atom is -0.480 e. The van der Waals surface area contributed by atoms with Crippen LogP contribution in [0, 0.1) is 5.82 Å². The fourth-order valence-corrected chi connectivity index (χ4v) is 4.30. The first-order chi connectivity index (χ1) is 9.06. The van der Waals surface area contributed by atoms with Crippen LogP contribution in [0.5, 0.6) is 0 Å². The molecule has 1 aromatic carbocycles. The number of aromatic nitrogens is 1. The van der Waals surface area contributed by atoms with Gasteiger partial charge in [-0.25, -0.2) is 14.2 Å². The van der Waals surface area contributed by atoms with E-state index in [9.17, 15) is 9.18 Å². The van der Waals surface area contributed by atoms with E-state index >= 15 is 0 Å². The lowest BCUT2D eigenvalue weighted by molar-refractivity contribution is -0.137. The number of rotatable bonds is 2. The molecule has 0 radical (unpaired) electrons. The highest BCUT2D eigenvalue weighted by atomic mass is 79.9. The smallest absolute Gasteiger partial charge is 0.329 e. The van der Waals surface area contributed by atoms with Gasteiger partial charge in [-0.2, -0.15) is 0 Å². The third kappa shape index (κ3) is 2.28. The van der Waals surface area contributed by atoms with Gasteiger partial charge in [0, 0.05) is 10.2 Å². The van der Waals surface area contributed by atoms with Crippen molar-refractivity contribution in [3.8, 4) is 0 Å². The Hall–Kier alpha value is -0.990. The summed E-state index contributed by atoms with van der Waals surface area (Å²) in [6.07, 6.45) is 0. The van der Waals surface area contributed by atoms with Crippen molar-refractivity contribution in [1.82, 2.24) is 4.98 Å². The molecule has 1 aliphatic rings. The number of aliphatic carboxylic acids is 1. The lowest BCUT2D eigenvalue weighted by Gasteiger charge is -1.93. The number of carboxylic acid groups (broad SMARTS) is 1. The summed E-state index contributed by atoms with van der Waals surface area (Å²) in [6, 6.07) is 2.24. The standard InChI is InChI=1S/C11H6BrFN2O2S2/c12-4-1-2-5(13)8-7(4)15-10(19-8)9-14-6(3-18-9)11(16)17/h1-2,6H,3H2,(H,16,17). The van der Waals surface area contributed by atoms with E-state index < -0.39 is 12.0 Å². The molecule has 4 nitrogen and oxygen atoms in total. The molecule has 3 rings (SSSR count). The van der Waals surface area contributed by atoms with Gasteiger partial charge in [0.2, 0.25) is 0 Å². The Labute approximate surface area is 123 Å². The zero-order chi connectivity index (χ0) is 13.6. The predicted molar refractivity (Wildman–Crippen MR) is 77.7 cm³/mol. The fourth-order valence-electron chi connectivity index (χ4n) is 1.65. The molecule has 0 saturated heterocycles. The predicted octanol–water partition coefficient (Wildman–Crippen LogP) is 3.14. The van der Waals surface area contributed by atoms with Crippen LogP contribution in [-0.2, 0) is 4.79 Å². The molecule has 1 atom stereocenters. The van der Waals surface area contributed by atoms with E-state index in [1.807, 2.05) is 0 Å². The highest BCUT2D eigenvalue weighted by molar-refractivity contribution is 9.10. The van der Waals surface area contributed by atoms with Crippen molar-refractivity contribution in [2.24, 2.45) is 4.99 Å². The molecule has 2 heterocycles. The van der Waals surface area contributed by atoms with Gasteiger partial charge >= 0.3 is 5.97 Å². The Morgan fingerprint density at radius 2 is 2.32 bits per heavy atom. The van der Waals surface area contributed by atoms with Crippen LogP contribution >= 0.6 is 39.0 Å². The summed E-state index contributed by atoms with van der Waals surface area (Å²) in [5.41, 5.74) is 0.544. The Morgan fingerprint density at radius 3 is 2.95 bits per heavy atom. The number of thioether (sulfide) groups is 1. The number of fused-ring (bicyclic) bond motifs is 1. The second kappa shape index (κ2) is 4.84. The Balaban J connectivity index is 2.08. The third-order valence-corrected chi connectivity index (χ3v) is 5.46.